The predicted molar refractivity (Wildman–Crippen MR) is 60.2 cm³/mol. The number of ether oxygens (including phenoxy) is 1. The molecule has 0 spiro atoms. The number of carbonyl (C=O) groups is 3. The zero-order valence-electron chi connectivity index (χ0n) is 10.5. The van der Waals surface area contributed by atoms with E-state index in [2.05, 4.69) is 4.74 Å². The summed E-state index contributed by atoms with van der Waals surface area (Å²) < 4.78 is 4.62. The normalized spacial score (nSPS) is 34.9. The SMILES string of the molecule is COC(=O)CC12CC1C(=O)CC(C)(C)CC2=O. The van der Waals surface area contributed by atoms with Crippen LogP contribution in [-0.4, -0.2) is 24.6 Å². The molecule has 2 fully saturated rings. The molecule has 0 aromatic rings. The van der Waals surface area contributed by atoms with Crippen molar-refractivity contribution in [2.75, 3.05) is 7.11 Å². The Morgan fingerprint density at radius 3 is 2.59 bits per heavy atom. The Morgan fingerprint density at radius 1 is 1.35 bits per heavy atom. The molecule has 2 atom stereocenters. The first-order valence-electron chi connectivity index (χ1n) is 5.94. The zero-order valence-corrected chi connectivity index (χ0v) is 10.5. The quantitative estimate of drug-likeness (QED) is 0.684. The van der Waals surface area contributed by atoms with Crippen molar-refractivity contribution in [2.24, 2.45) is 16.7 Å². The lowest BCUT2D eigenvalue weighted by Crippen LogP contribution is -2.25. The molecule has 2 unspecified atom stereocenters. The summed E-state index contributed by atoms with van der Waals surface area (Å²) >= 11 is 0. The van der Waals surface area contributed by atoms with Crippen LogP contribution in [0.4, 0.5) is 0 Å². The Labute approximate surface area is 101 Å². The third kappa shape index (κ3) is 2.01. The summed E-state index contributed by atoms with van der Waals surface area (Å²) in [6.45, 7) is 3.86. The molecule has 17 heavy (non-hydrogen) atoms. The Kier molecular flexibility index (Phi) is 2.64. The zero-order chi connectivity index (χ0) is 12.8. The molecule has 0 saturated heterocycles. The number of Topliss-reactive ketones (excluding diaryl/α,β-unsaturated/α-hetero) is 2. The van der Waals surface area contributed by atoms with E-state index < -0.39 is 11.4 Å². The van der Waals surface area contributed by atoms with Crippen LogP contribution in [0.1, 0.15) is 39.5 Å². The van der Waals surface area contributed by atoms with Gasteiger partial charge in [0.15, 0.2) is 0 Å². The molecule has 0 amide bonds. The number of carbonyl (C=O) groups excluding carboxylic acids is 3. The number of fused-ring (bicyclic) bond motifs is 1. The number of hydrogen-bond donors (Lipinski definition) is 0. The topological polar surface area (TPSA) is 60.4 Å². The van der Waals surface area contributed by atoms with Gasteiger partial charge in [0.25, 0.3) is 0 Å². The Bertz CT molecular complexity index is 396. The van der Waals surface area contributed by atoms with Crippen LogP contribution in [0.3, 0.4) is 0 Å². The first-order valence-corrected chi connectivity index (χ1v) is 5.94. The van der Waals surface area contributed by atoms with Crippen LogP contribution < -0.4 is 0 Å². The van der Waals surface area contributed by atoms with E-state index in [4.69, 9.17) is 0 Å². The van der Waals surface area contributed by atoms with Crippen molar-refractivity contribution in [2.45, 2.75) is 39.5 Å². The first-order chi connectivity index (χ1) is 7.81. The number of esters is 1. The van der Waals surface area contributed by atoms with Gasteiger partial charge in [0.05, 0.1) is 13.5 Å². The number of methoxy groups -OCH3 is 1. The molecule has 0 radical (unpaired) electrons. The fraction of sp³-hybridized carbons (Fsp3) is 0.769. The minimum absolute atomic E-state index is 0.0590. The Hall–Kier alpha value is -1.19. The number of ketones is 2. The summed E-state index contributed by atoms with van der Waals surface area (Å²) in [4.78, 5) is 35.6. The van der Waals surface area contributed by atoms with Gasteiger partial charge in [-0.05, 0) is 11.8 Å². The molecule has 0 heterocycles. The third-order valence-corrected chi connectivity index (χ3v) is 4.00. The van der Waals surface area contributed by atoms with Gasteiger partial charge < -0.3 is 4.74 Å². The van der Waals surface area contributed by atoms with Crippen molar-refractivity contribution in [3.05, 3.63) is 0 Å². The van der Waals surface area contributed by atoms with Crippen molar-refractivity contribution in [1.29, 1.82) is 0 Å². The maximum Gasteiger partial charge on any atom is 0.306 e. The second-order valence-corrected chi connectivity index (χ2v) is 6.07. The van der Waals surface area contributed by atoms with Gasteiger partial charge in [0, 0.05) is 24.2 Å². The lowest BCUT2D eigenvalue weighted by Gasteiger charge is -2.22. The van der Waals surface area contributed by atoms with Gasteiger partial charge in [-0.2, -0.15) is 0 Å². The summed E-state index contributed by atoms with van der Waals surface area (Å²) in [5, 5.41) is 0. The van der Waals surface area contributed by atoms with Gasteiger partial charge >= 0.3 is 5.97 Å². The highest BCUT2D eigenvalue weighted by atomic mass is 16.5. The van der Waals surface area contributed by atoms with Crippen molar-refractivity contribution >= 4 is 17.5 Å². The predicted octanol–water partition coefficient (Wildman–Crippen LogP) is 1.51. The molecule has 2 rings (SSSR count). The van der Waals surface area contributed by atoms with E-state index in [1.54, 1.807) is 0 Å². The monoisotopic (exact) mass is 238 g/mol. The average molecular weight is 238 g/mol. The molecule has 0 bridgehead atoms. The molecule has 2 saturated carbocycles. The lowest BCUT2D eigenvalue weighted by molar-refractivity contribution is -0.145. The second kappa shape index (κ2) is 3.65. The van der Waals surface area contributed by atoms with Crippen molar-refractivity contribution in [3.63, 3.8) is 0 Å². The van der Waals surface area contributed by atoms with Crippen LogP contribution in [0.15, 0.2) is 0 Å². The van der Waals surface area contributed by atoms with Gasteiger partial charge in [-0.15, -0.1) is 0 Å². The van der Waals surface area contributed by atoms with Gasteiger partial charge in [0.1, 0.15) is 11.6 Å². The Balaban J connectivity index is 2.23. The molecule has 0 aliphatic heterocycles. The van der Waals surface area contributed by atoms with E-state index in [0.717, 1.165) is 0 Å². The minimum Gasteiger partial charge on any atom is -0.469 e. The van der Waals surface area contributed by atoms with Crippen molar-refractivity contribution in [3.8, 4) is 0 Å². The number of hydrogen-bond acceptors (Lipinski definition) is 4. The molecule has 0 N–H and O–H groups in total. The van der Waals surface area contributed by atoms with E-state index in [1.807, 2.05) is 13.8 Å². The molecule has 0 aromatic heterocycles. The molecular weight excluding hydrogens is 220 g/mol. The second-order valence-electron chi connectivity index (χ2n) is 6.07. The molecule has 4 heteroatoms. The molecule has 4 nitrogen and oxygen atoms in total. The smallest absolute Gasteiger partial charge is 0.306 e. The summed E-state index contributed by atoms with van der Waals surface area (Å²) in [6.07, 6.45) is 1.42. The highest BCUT2D eigenvalue weighted by Gasteiger charge is 2.65. The molecule has 2 aliphatic carbocycles. The van der Waals surface area contributed by atoms with E-state index in [-0.39, 0.29) is 29.3 Å². The fourth-order valence-electron chi connectivity index (χ4n) is 2.93. The summed E-state index contributed by atoms with van der Waals surface area (Å²) in [7, 11) is 1.31. The van der Waals surface area contributed by atoms with E-state index >= 15 is 0 Å². The van der Waals surface area contributed by atoms with Gasteiger partial charge in [-0.25, -0.2) is 0 Å². The third-order valence-electron chi connectivity index (χ3n) is 4.00. The highest BCUT2D eigenvalue weighted by Crippen LogP contribution is 2.61. The largest absolute Gasteiger partial charge is 0.469 e. The lowest BCUT2D eigenvalue weighted by atomic mass is 9.81. The van der Waals surface area contributed by atoms with Crippen molar-refractivity contribution in [1.82, 2.24) is 0 Å². The van der Waals surface area contributed by atoms with Crippen LogP contribution >= 0.6 is 0 Å². The summed E-state index contributed by atoms with van der Waals surface area (Å²) in [5.74, 6) is -0.447. The average Bonchev–Trinajstić information content (AvgIpc) is 2.91. The van der Waals surface area contributed by atoms with Crippen LogP contribution in [-0.2, 0) is 19.1 Å². The summed E-state index contributed by atoms with van der Waals surface area (Å²) in [6, 6.07) is 0. The standard InChI is InChI=1S/C13H18O4/c1-12(2)5-9(14)8-4-13(8,10(15)6-12)7-11(16)17-3/h8H,4-7H2,1-3H3. The molecule has 94 valence electrons. The minimum atomic E-state index is -0.724. The molecule has 0 aromatic carbocycles. The van der Waals surface area contributed by atoms with Crippen LogP contribution in [0.25, 0.3) is 0 Å². The van der Waals surface area contributed by atoms with Gasteiger partial charge in [-0.1, -0.05) is 13.8 Å². The highest BCUT2D eigenvalue weighted by molar-refractivity contribution is 6.02. The fourth-order valence-corrected chi connectivity index (χ4v) is 2.93. The first kappa shape index (κ1) is 12.3. The molecular formula is C13H18O4. The van der Waals surface area contributed by atoms with Crippen LogP contribution in [0.2, 0.25) is 0 Å². The van der Waals surface area contributed by atoms with Crippen LogP contribution in [0, 0.1) is 16.7 Å². The molecule has 2 aliphatic rings. The van der Waals surface area contributed by atoms with Gasteiger partial charge in [-0.3, -0.25) is 14.4 Å². The Morgan fingerprint density at radius 2 is 2.00 bits per heavy atom. The van der Waals surface area contributed by atoms with E-state index in [9.17, 15) is 14.4 Å². The van der Waals surface area contributed by atoms with Crippen molar-refractivity contribution < 1.29 is 19.1 Å². The van der Waals surface area contributed by atoms with Gasteiger partial charge in [0.2, 0.25) is 0 Å². The maximum atomic E-state index is 12.2. The van der Waals surface area contributed by atoms with E-state index in [1.165, 1.54) is 7.11 Å². The number of rotatable bonds is 2. The maximum absolute atomic E-state index is 12.2. The summed E-state index contributed by atoms with van der Waals surface area (Å²) in [5.41, 5.74) is -0.997. The van der Waals surface area contributed by atoms with Crippen LogP contribution in [0.5, 0.6) is 0 Å². The van der Waals surface area contributed by atoms with E-state index in [0.29, 0.717) is 19.3 Å².